The van der Waals surface area contributed by atoms with Crippen LogP contribution in [0.2, 0.25) is 5.02 Å². The van der Waals surface area contributed by atoms with Gasteiger partial charge in [-0.05, 0) is 51.8 Å². The fourth-order valence-electron chi connectivity index (χ4n) is 5.37. The summed E-state index contributed by atoms with van der Waals surface area (Å²) in [5.74, 6) is 0.599. The molecular weight excluding hydrogens is 555 g/mol. The number of para-hydroxylation sites is 1. The number of piperazine rings is 1. The molecule has 2 aliphatic heterocycles. The number of carbonyl (C=O) groups excluding carboxylic acids is 1. The van der Waals surface area contributed by atoms with Gasteiger partial charge in [0.2, 0.25) is 0 Å². The van der Waals surface area contributed by atoms with Crippen molar-refractivity contribution in [2.45, 2.75) is 52.4 Å². The standard InChI is InChI=1S/C30H35ClF3N5O2/c1-29(2,3)28(40)41-25-6-4-5-20-7-8-22(36-26(20)25)19-37-11-9-23(10-12-37)38-13-15-39(16-14-38)27-24(31)17-21(18-35-27)30(32,33)34/h4-8,17-18,23H,9-16,19H2,1-3H3. The van der Waals surface area contributed by atoms with E-state index in [0.717, 1.165) is 68.9 Å². The minimum absolute atomic E-state index is 0.0309. The molecule has 2 fully saturated rings. The maximum absolute atomic E-state index is 13.0. The van der Waals surface area contributed by atoms with Gasteiger partial charge in [0.25, 0.3) is 0 Å². The van der Waals surface area contributed by atoms with Crippen LogP contribution in [0.15, 0.2) is 42.6 Å². The van der Waals surface area contributed by atoms with E-state index in [1.807, 2.05) is 49.9 Å². The Morgan fingerprint density at radius 3 is 2.37 bits per heavy atom. The average molecular weight is 590 g/mol. The molecule has 0 N–H and O–H groups in total. The Kier molecular flexibility index (Phi) is 8.46. The number of aromatic nitrogens is 2. The zero-order chi connectivity index (χ0) is 29.4. The summed E-state index contributed by atoms with van der Waals surface area (Å²) in [6.45, 7) is 11.0. The van der Waals surface area contributed by atoms with Crippen molar-refractivity contribution in [3.05, 3.63) is 58.9 Å². The van der Waals surface area contributed by atoms with Crippen LogP contribution in [0.3, 0.4) is 0 Å². The lowest BCUT2D eigenvalue weighted by Crippen LogP contribution is -2.53. The zero-order valence-electron chi connectivity index (χ0n) is 23.5. The molecule has 5 rings (SSSR count). The van der Waals surface area contributed by atoms with E-state index in [1.165, 1.54) is 0 Å². The molecule has 11 heteroatoms. The van der Waals surface area contributed by atoms with E-state index in [9.17, 15) is 18.0 Å². The van der Waals surface area contributed by atoms with E-state index < -0.39 is 17.2 Å². The first-order valence-corrected chi connectivity index (χ1v) is 14.3. The summed E-state index contributed by atoms with van der Waals surface area (Å²) < 4.78 is 44.6. The van der Waals surface area contributed by atoms with Gasteiger partial charge in [0.1, 0.15) is 11.3 Å². The number of likely N-dealkylation sites (tertiary alicyclic amines) is 1. The summed E-state index contributed by atoms with van der Waals surface area (Å²) in [5, 5.41) is 0.960. The van der Waals surface area contributed by atoms with Crippen molar-refractivity contribution in [2.75, 3.05) is 44.2 Å². The number of fused-ring (bicyclic) bond motifs is 1. The topological polar surface area (TPSA) is 61.8 Å². The Morgan fingerprint density at radius 2 is 1.73 bits per heavy atom. The van der Waals surface area contributed by atoms with Crippen LogP contribution in [-0.4, -0.2) is 71.0 Å². The van der Waals surface area contributed by atoms with Gasteiger partial charge in [0.05, 0.1) is 21.7 Å². The molecule has 0 bridgehead atoms. The van der Waals surface area contributed by atoms with Crippen LogP contribution in [0, 0.1) is 5.41 Å². The molecule has 0 atom stereocenters. The lowest BCUT2D eigenvalue weighted by Gasteiger charge is -2.43. The molecule has 0 radical (unpaired) electrons. The highest BCUT2D eigenvalue weighted by molar-refractivity contribution is 6.33. The molecule has 0 spiro atoms. The van der Waals surface area contributed by atoms with E-state index in [4.69, 9.17) is 21.3 Å². The van der Waals surface area contributed by atoms with Gasteiger partial charge in [-0.3, -0.25) is 14.6 Å². The summed E-state index contributed by atoms with van der Waals surface area (Å²) >= 11 is 6.17. The monoisotopic (exact) mass is 589 g/mol. The summed E-state index contributed by atoms with van der Waals surface area (Å²) in [7, 11) is 0. The van der Waals surface area contributed by atoms with Crippen molar-refractivity contribution in [1.82, 2.24) is 19.8 Å². The van der Waals surface area contributed by atoms with E-state index in [0.29, 0.717) is 36.2 Å². The van der Waals surface area contributed by atoms with Gasteiger partial charge in [-0.1, -0.05) is 29.8 Å². The Balaban J connectivity index is 1.15. The Labute approximate surface area is 243 Å². The maximum atomic E-state index is 13.0. The number of anilines is 1. The van der Waals surface area contributed by atoms with Crippen molar-refractivity contribution < 1.29 is 22.7 Å². The molecule has 2 aromatic heterocycles. The molecule has 1 aromatic carbocycles. The Hall–Kier alpha value is -2.95. The highest BCUT2D eigenvalue weighted by Gasteiger charge is 2.33. The van der Waals surface area contributed by atoms with Crippen molar-refractivity contribution in [2.24, 2.45) is 5.41 Å². The third-order valence-corrected chi connectivity index (χ3v) is 8.06. The molecule has 3 aromatic rings. The summed E-state index contributed by atoms with van der Waals surface area (Å²) in [6.07, 6.45) is -1.55. The van der Waals surface area contributed by atoms with Crippen molar-refractivity contribution >= 4 is 34.3 Å². The van der Waals surface area contributed by atoms with E-state index in [1.54, 1.807) is 6.07 Å². The second-order valence-corrected chi connectivity index (χ2v) is 12.2. The number of hydrogen-bond donors (Lipinski definition) is 0. The number of piperidine rings is 1. The van der Waals surface area contributed by atoms with Crippen LogP contribution in [0.25, 0.3) is 10.9 Å². The smallest absolute Gasteiger partial charge is 0.417 e. The van der Waals surface area contributed by atoms with Crippen molar-refractivity contribution in [1.29, 1.82) is 0 Å². The number of pyridine rings is 2. The van der Waals surface area contributed by atoms with Gasteiger partial charge in [-0.2, -0.15) is 13.2 Å². The molecule has 0 saturated carbocycles. The number of esters is 1. The largest absolute Gasteiger partial charge is 0.424 e. The quantitative estimate of drug-likeness (QED) is 0.266. The van der Waals surface area contributed by atoms with E-state index in [-0.39, 0.29) is 11.0 Å². The van der Waals surface area contributed by atoms with E-state index in [2.05, 4.69) is 14.8 Å². The number of halogens is 4. The molecule has 7 nitrogen and oxygen atoms in total. The number of hydrogen-bond acceptors (Lipinski definition) is 7. The van der Waals surface area contributed by atoms with Gasteiger partial charge < -0.3 is 9.64 Å². The number of rotatable bonds is 5. The Morgan fingerprint density at radius 1 is 1.02 bits per heavy atom. The highest BCUT2D eigenvalue weighted by atomic mass is 35.5. The number of ether oxygens (including phenoxy) is 1. The predicted octanol–water partition coefficient (Wildman–Crippen LogP) is 6.04. The molecule has 0 unspecified atom stereocenters. The summed E-state index contributed by atoms with van der Waals surface area (Å²) in [5.41, 5.74) is 0.186. The van der Waals surface area contributed by atoms with Crippen LogP contribution >= 0.6 is 11.6 Å². The molecule has 4 heterocycles. The maximum Gasteiger partial charge on any atom is 0.417 e. The number of nitrogens with zero attached hydrogens (tertiary/aromatic N) is 5. The number of benzene rings is 1. The lowest BCUT2D eigenvalue weighted by molar-refractivity contribution is -0.143. The molecule has 220 valence electrons. The molecule has 0 aliphatic carbocycles. The van der Waals surface area contributed by atoms with Crippen LogP contribution in [0.4, 0.5) is 19.0 Å². The summed E-state index contributed by atoms with van der Waals surface area (Å²) in [6, 6.07) is 11.1. The van der Waals surface area contributed by atoms with Crippen LogP contribution in [0.5, 0.6) is 5.75 Å². The highest BCUT2D eigenvalue weighted by Crippen LogP contribution is 2.34. The second-order valence-electron chi connectivity index (χ2n) is 11.8. The molecule has 41 heavy (non-hydrogen) atoms. The van der Waals surface area contributed by atoms with Gasteiger partial charge in [-0.25, -0.2) is 9.97 Å². The summed E-state index contributed by atoms with van der Waals surface area (Å²) in [4.78, 5) is 28.2. The predicted molar refractivity (Wildman–Crippen MR) is 153 cm³/mol. The minimum atomic E-state index is -4.46. The first-order valence-electron chi connectivity index (χ1n) is 13.9. The van der Waals surface area contributed by atoms with Crippen LogP contribution in [0.1, 0.15) is 44.9 Å². The zero-order valence-corrected chi connectivity index (χ0v) is 24.3. The average Bonchev–Trinajstić information content (AvgIpc) is 2.93. The lowest BCUT2D eigenvalue weighted by atomic mass is 9.97. The van der Waals surface area contributed by atoms with Crippen molar-refractivity contribution in [3.63, 3.8) is 0 Å². The van der Waals surface area contributed by atoms with Gasteiger partial charge >= 0.3 is 12.1 Å². The van der Waals surface area contributed by atoms with Crippen LogP contribution < -0.4 is 9.64 Å². The fourth-order valence-corrected chi connectivity index (χ4v) is 5.66. The normalized spacial score (nSPS) is 18.2. The van der Waals surface area contributed by atoms with Crippen LogP contribution in [-0.2, 0) is 17.5 Å². The number of alkyl halides is 3. The number of carbonyl (C=O) groups is 1. The first-order chi connectivity index (χ1) is 19.4. The van der Waals surface area contributed by atoms with Gasteiger partial charge in [0.15, 0.2) is 5.75 Å². The first kappa shape index (κ1) is 29.5. The second kappa shape index (κ2) is 11.7. The van der Waals surface area contributed by atoms with Crippen molar-refractivity contribution in [3.8, 4) is 5.75 Å². The Bertz CT molecular complexity index is 1400. The molecule has 2 aliphatic rings. The molecule has 2 saturated heterocycles. The fraction of sp³-hybridized carbons (Fsp3) is 0.500. The minimum Gasteiger partial charge on any atom is -0.424 e. The van der Waals surface area contributed by atoms with Gasteiger partial charge in [-0.15, -0.1) is 0 Å². The third kappa shape index (κ3) is 6.93. The SMILES string of the molecule is CC(C)(C)C(=O)Oc1cccc2ccc(CN3CCC(N4CCN(c5ncc(C(F)(F)F)cc5Cl)CC4)CC3)nc12. The molecule has 0 amide bonds. The molecular formula is C30H35ClF3N5O2. The van der Waals surface area contributed by atoms with Gasteiger partial charge in [0, 0.05) is 63.4 Å². The third-order valence-electron chi connectivity index (χ3n) is 7.78. The van der Waals surface area contributed by atoms with E-state index >= 15 is 0 Å².